The Labute approximate surface area is 130 Å². The van der Waals surface area contributed by atoms with Crippen LogP contribution in [-0.2, 0) is 15.8 Å². The van der Waals surface area contributed by atoms with E-state index >= 15 is 0 Å². The molecule has 8 heteroatoms. The van der Waals surface area contributed by atoms with Crippen LogP contribution in [0.2, 0.25) is 0 Å². The highest BCUT2D eigenvalue weighted by atomic mass is 32.2. The number of hydrogen-bond donors (Lipinski definition) is 2. The van der Waals surface area contributed by atoms with Crippen LogP contribution in [0.4, 0.5) is 5.69 Å². The largest absolute Gasteiger partial charge is 0.389 e. The first-order valence-corrected chi connectivity index (χ1v) is 8.53. The van der Waals surface area contributed by atoms with Gasteiger partial charge in [-0.2, -0.15) is 0 Å². The molecule has 0 unspecified atom stereocenters. The van der Waals surface area contributed by atoms with Crippen LogP contribution < -0.4 is 4.72 Å². The molecule has 7 nitrogen and oxygen atoms in total. The molecule has 0 amide bonds. The van der Waals surface area contributed by atoms with Gasteiger partial charge in [0.05, 0.1) is 22.3 Å². The third-order valence-electron chi connectivity index (χ3n) is 3.24. The van der Waals surface area contributed by atoms with Gasteiger partial charge in [-0.1, -0.05) is 26.0 Å². The SMILES string of the molecule is CC(C)[C@H](NS(=O)(=O)Cc1ccc([N+](=O)[O-])cc1)C(C)(C)O. The van der Waals surface area contributed by atoms with E-state index in [2.05, 4.69) is 4.72 Å². The van der Waals surface area contributed by atoms with Crippen molar-refractivity contribution in [2.24, 2.45) is 5.92 Å². The summed E-state index contributed by atoms with van der Waals surface area (Å²) < 4.78 is 27.0. The number of nitro groups is 1. The fraction of sp³-hybridized carbons (Fsp3) is 0.571. The van der Waals surface area contributed by atoms with Gasteiger partial charge >= 0.3 is 0 Å². The Hall–Kier alpha value is -1.51. The summed E-state index contributed by atoms with van der Waals surface area (Å²) in [6.45, 7) is 6.73. The molecular formula is C14H22N2O5S. The number of rotatable bonds is 7. The molecule has 0 saturated heterocycles. The van der Waals surface area contributed by atoms with E-state index in [0.29, 0.717) is 5.56 Å². The molecule has 0 fully saturated rings. The lowest BCUT2D eigenvalue weighted by atomic mass is 9.90. The quantitative estimate of drug-likeness (QED) is 0.585. The van der Waals surface area contributed by atoms with Gasteiger partial charge in [-0.05, 0) is 25.3 Å². The lowest BCUT2D eigenvalue weighted by molar-refractivity contribution is -0.384. The molecule has 1 aromatic carbocycles. The van der Waals surface area contributed by atoms with E-state index in [1.165, 1.54) is 24.3 Å². The number of sulfonamides is 1. The zero-order valence-electron chi connectivity index (χ0n) is 13.1. The first-order chi connectivity index (χ1) is 9.92. The predicted octanol–water partition coefficient (Wildman–Crippen LogP) is 1.81. The zero-order chi connectivity index (χ0) is 17.1. The molecule has 22 heavy (non-hydrogen) atoms. The zero-order valence-corrected chi connectivity index (χ0v) is 13.9. The van der Waals surface area contributed by atoms with Gasteiger partial charge < -0.3 is 5.11 Å². The van der Waals surface area contributed by atoms with Gasteiger partial charge in [0.25, 0.3) is 5.69 Å². The van der Waals surface area contributed by atoms with E-state index in [0.717, 1.165) is 0 Å². The van der Waals surface area contributed by atoms with E-state index in [-0.39, 0.29) is 17.4 Å². The number of aliphatic hydroxyl groups is 1. The number of benzene rings is 1. The van der Waals surface area contributed by atoms with Gasteiger partial charge in [0.15, 0.2) is 0 Å². The van der Waals surface area contributed by atoms with Crippen molar-refractivity contribution in [1.82, 2.24) is 4.72 Å². The van der Waals surface area contributed by atoms with Crippen LogP contribution >= 0.6 is 0 Å². The molecule has 0 saturated carbocycles. The van der Waals surface area contributed by atoms with E-state index in [1.807, 2.05) is 13.8 Å². The van der Waals surface area contributed by atoms with Crippen molar-refractivity contribution in [3.63, 3.8) is 0 Å². The lowest BCUT2D eigenvalue weighted by Gasteiger charge is -2.33. The van der Waals surface area contributed by atoms with E-state index < -0.39 is 26.6 Å². The third-order valence-corrected chi connectivity index (χ3v) is 4.56. The number of nitrogens with zero attached hydrogens (tertiary/aromatic N) is 1. The average Bonchev–Trinajstić information content (AvgIpc) is 2.34. The normalized spacial score (nSPS) is 14.1. The summed E-state index contributed by atoms with van der Waals surface area (Å²) in [5.74, 6) is -0.392. The number of hydrogen-bond acceptors (Lipinski definition) is 5. The molecule has 0 spiro atoms. The second-order valence-electron chi connectivity index (χ2n) is 6.18. The summed E-state index contributed by atoms with van der Waals surface area (Å²) in [5, 5.41) is 20.6. The fourth-order valence-electron chi connectivity index (χ4n) is 2.26. The van der Waals surface area contributed by atoms with E-state index in [9.17, 15) is 23.6 Å². The Morgan fingerprint density at radius 3 is 2.14 bits per heavy atom. The number of nitrogens with one attached hydrogen (secondary N) is 1. The Balaban J connectivity index is 2.89. The summed E-state index contributed by atoms with van der Waals surface area (Å²) >= 11 is 0. The summed E-state index contributed by atoms with van der Waals surface area (Å²) in [4.78, 5) is 10.0. The Kier molecular flexibility index (Phi) is 5.66. The van der Waals surface area contributed by atoms with Gasteiger partial charge in [-0.25, -0.2) is 13.1 Å². The van der Waals surface area contributed by atoms with Crippen LogP contribution in [0.5, 0.6) is 0 Å². The summed E-state index contributed by atoms with van der Waals surface area (Å²) in [6.07, 6.45) is 0. The van der Waals surface area contributed by atoms with Crippen LogP contribution in [0.15, 0.2) is 24.3 Å². The molecule has 1 rings (SSSR count). The number of non-ortho nitro benzene ring substituents is 1. The maximum atomic E-state index is 12.2. The molecule has 124 valence electrons. The minimum Gasteiger partial charge on any atom is -0.389 e. The predicted molar refractivity (Wildman–Crippen MR) is 83.8 cm³/mol. The first kappa shape index (κ1) is 18.5. The Morgan fingerprint density at radius 1 is 1.27 bits per heavy atom. The van der Waals surface area contributed by atoms with Gasteiger partial charge in [-0.3, -0.25) is 10.1 Å². The molecule has 0 aliphatic rings. The standard InChI is InChI=1S/C14H22N2O5S/c1-10(2)13(14(3,4)17)15-22(20,21)9-11-5-7-12(8-6-11)16(18)19/h5-8,10,13,15,17H,9H2,1-4H3/t13-/m0/s1. The van der Waals surface area contributed by atoms with Crippen LogP contribution in [-0.4, -0.2) is 30.1 Å². The van der Waals surface area contributed by atoms with Gasteiger partial charge in [0.2, 0.25) is 10.0 Å². The average molecular weight is 330 g/mol. The van der Waals surface area contributed by atoms with Gasteiger partial charge in [0, 0.05) is 12.1 Å². The Bertz CT molecular complexity index is 618. The molecule has 0 bridgehead atoms. The number of nitro benzene ring substituents is 1. The van der Waals surface area contributed by atoms with Gasteiger partial charge in [-0.15, -0.1) is 0 Å². The molecule has 1 atom stereocenters. The monoisotopic (exact) mass is 330 g/mol. The lowest BCUT2D eigenvalue weighted by Crippen LogP contribution is -2.52. The Morgan fingerprint density at radius 2 is 1.77 bits per heavy atom. The molecule has 0 aliphatic heterocycles. The topological polar surface area (TPSA) is 110 Å². The van der Waals surface area contributed by atoms with E-state index in [1.54, 1.807) is 13.8 Å². The first-order valence-electron chi connectivity index (χ1n) is 6.88. The van der Waals surface area contributed by atoms with Crippen molar-refractivity contribution >= 4 is 15.7 Å². The van der Waals surface area contributed by atoms with Crippen molar-refractivity contribution in [1.29, 1.82) is 0 Å². The fourth-order valence-corrected chi connectivity index (χ4v) is 3.93. The smallest absolute Gasteiger partial charge is 0.269 e. The second kappa shape index (κ2) is 6.72. The van der Waals surface area contributed by atoms with Crippen LogP contribution in [0.3, 0.4) is 0 Å². The molecule has 0 aromatic heterocycles. The highest BCUT2D eigenvalue weighted by Crippen LogP contribution is 2.19. The minimum atomic E-state index is -3.67. The van der Waals surface area contributed by atoms with Crippen molar-refractivity contribution < 1.29 is 18.4 Å². The molecule has 1 aromatic rings. The van der Waals surface area contributed by atoms with Crippen molar-refractivity contribution in [3.05, 3.63) is 39.9 Å². The van der Waals surface area contributed by atoms with Crippen molar-refractivity contribution in [2.75, 3.05) is 0 Å². The van der Waals surface area contributed by atoms with Crippen LogP contribution in [0.25, 0.3) is 0 Å². The molecule has 0 aliphatic carbocycles. The molecule has 0 radical (unpaired) electrons. The maximum absolute atomic E-state index is 12.2. The van der Waals surface area contributed by atoms with Crippen LogP contribution in [0, 0.1) is 16.0 Å². The summed E-state index contributed by atoms with van der Waals surface area (Å²) in [5.41, 5.74) is -0.849. The van der Waals surface area contributed by atoms with Crippen molar-refractivity contribution in [2.45, 2.75) is 45.1 Å². The second-order valence-corrected chi connectivity index (χ2v) is 7.93. The third kappa shape index (κ3) is 5.36. The highest BCUT2D eigenvalue weighted by molar-refractivity contribution is 7.88. The summed E-state index contributed by atoms with van der Waals surface area (Å²) in [6, 6.07) is 4.72. The molecular weight excluding hydrogens is 308 g/mol. The minimum absolute atomic E-state index is 0.0911. The van der Waals surface area contributed by atoms with Crippen molar-refractivity contribution in [3.8, 4) is 0 Å². The van der Waals surface area contributed by atoms with E-state index in [4.69, 9.17) is 0 Å². The summed E-state index contributed by atoms with van der Waals surface area (Å²) in [7, 11) is -3.67. The van der Waals surface area contributed by atoms with Gasteiger partial charge in [0.1, 0.15) is 0 Å². The molecule has 0 heterocycles. The maximum Gasteiger partial charge on any atom is 0.269 e. The van der Waals surface area contributed by atoms with Crippen LogP contribution in [0.1, 0.15) is 33.3 Å². The molecule has 2 N–H and O–H groups in total. The highest BCUT2D eigenvalue weighted by Gasteiger charge is 2.33.